The van der Waals surface area contributed by atoms with Crippen LogP contribution in [0.4, 0.5) is 0 Å². The third kappa shape index (κ3) is 4.45. The zero-order valence-electron chi connectivity index (χ0n) is 14.8. The van der Waals surface area contributed by atoms with Crippen LogP contribution < -0.4 is 5.32 Å². The number of hydrogen-bond donors (Lipinski definition) is 1. The van der Waals surface area contributed by atoms with E-state index in [1.807, 2.05) is 0 Å². The van der Waals surface area contributed by atoms with Crippen molar-refractivity contribution < 1.29 is 0 Å². The van der Waals surface area contributed by atoms with E-state index in [2.05, 4.69) is 31.1 Å². The summed E-state index contributed by atoms with van der Waals surface area (Å²) in [6, 6.07) is 0. The molecule has 0 unspecified atom stereocenters. The van der Waals surface area contributed by atoms with Gasteiger partial charge in [0.2, 0.25) is 0 Å². The Hall–Kier alpha value is -0.0800. The zero-order chi connectivity index (χ0) is 15.2. The fourth-order valence-corrected chi connectivity index (χ4v) is 5.10. The van der Waals surface area contributed by atoms with Gasteiger partial charge in [-0.2, -0.15) is 0 Å². The summed E-state index contributed by atoms with van der Waals surface area (Å²) in [5.41, 5.74) is 1.42. The second kappa shape index (κ2) is 7.97. The number of rotatable bonds is 8. The van der Waals surface area contributed by atoms with Crippen LogP contribution in [0.1, 0.15) is 78.1 Å². The maximum atomic E-state index is 3.27. The lowest BCUT2D eigenvalue weighted by Gasteiger charge is -2.45. The van der Waals surface area contributed by atoms with Crippen LogP contribution in [-0.4, -0.2) is 38.1 Å². The predicted molar refractivity (Wildman–Crippen MR) is 92.8 cm³/mol. The first kappa shape index (κ1) is 17.3. The molecule has 1 saturated carbocycles. The van der Waals surface area contributed by atoms with Crippen LogP contribution >= 0.6 is 0 Å². The number of hydrogen-bond acceptors (Lipinski definition) is 2. The van der Waals surface area contributed by atoms with Crippen LogP contribution in [0.25, 0.3) is 0 Å². The predicted octanol–water partition coefficient (Wildman–Crippen LogP) is 4.45. The van der Waals surface area contributed by atoms with Gasteiger partial charge in [0.15, 0.2) is 0 Å². The molecule has 0 aromatic carbocycles. The van der Waals surface area contributed by atoms with Crippen molar-refractivity contribution in [2.75, 3.05) is 33.2 Å². The number of nitrogens with one attached hydrogen (secondary N) is 1. The summed E-state index contributed by atoms with van der Waals surface area (Å²) >= 11 is 0. The molecule has 1 N–H and O–H groups in total. The Kier molecular flexibility index (Phi) is 6.55. The van der Waals surface area contributed by atoms with Crippen LogP contribution in [0.2, 0.25) is 0 Å². The minimum Gasteiger partial charge on any atom is -0.320 e. The first-order valence-electron chi connectivity index (χ1n) is 9.54. The van der Waals surface area contributed by atoms with Gasteiger partial charge < -0.3 is 10.2 Å². The lowest BCUT2D eigenvalue weighted by atomic mass is 9.60. The summed E-state index contributed by atoms with van der Waals surface area (Å²) in [5.74, 6) is 0. The molecule has 0 aromatic rings. The second-order valence-corrected chi connectivity index (χ2v) is 7.98. The van der Waals surface area contributed by atoms with Crippen molar-refractivity contribution in [3.63, 3.8) is 0 Å². The maximum Gasteiger partial charge on any atom is 0.00385 e. The molecule has 0 amide bonds. The van der Waals surface area contributed by atoms with E-state index in [1.165, 1.54) is 90.4 Å². The van der Waals surface area contributed by atoms with E-state index in [0.717, 1.165) is 0 Å². The molecule has 1 aliphatic heterocycles. The fourth-order valence-electron chi connectivity index (χ4n) is 5.10. The molecule has 1 aliphatic carbocycles. The standard InChI is InChI=1S/C19H38N2/c1-4-7-18(8-5-2)9-11-19(12-10-18)13-16-21(17-19)15-6-14-20-3/h20H,4-17H2,1-3H3. The SMILES string of the molecule is CCCC1(CCC)CCC2(CCN(CCCNC)C2)CC1. The van der Waals surface area contributed by atoms with Gasteiger partial charge in [-0.3, -0.25) is 0 Å². The average Bonchev–Trinajstić information content (AvgIpc) is 2.87. The molecule has 2 nitrogen and oxygen atoms in total. The molecule has 1 spiro atoms. The Morgan fingerprint density at radius 2 is 1.62 bits per heavy atom. The highest BCUT2D eigenvalue weighted by Gasteiger charge is 2.44. The van der Waals surface area contributed by atoms with Gasteiger partial charge in [-0.1, -0.05) is 26.7 Å². The highest BCUT2D eigenvalue weighted by Crippen LogP contribution is 2.53. The molecule has 2 rings (SSSR count). The van der Waals surface area contributed by atoms with Crippen LogP contribution in [0.5, 0.6) is 0 Å². The van der Waals surface area contributed by atoms with Gasteiger partial charge in [0.25, 0.3) is 0 Å². The first-order chi connectivity index (χ1) is 10.2. The normalized spacial score (nSPS) is 24.7. The second-order valence-electron chi connectivity index (χ2n) is 7.98. The van der Waals surface area contributed by atoms with E-state index in [-0.39, 0.29) is 0 Å². The summed E-state index contributed by atoms with van der Waals surface area (Å²) in [6.07, 6.45) is 14.5. The van der Waals surface area contributed by atoms with E-state index < -0.39 is 0 Å². The van der Waals surface area contributed by atoms with Crippen LogP contribution in [0, 0.1) is 10.8 Å². The molecule has 124 valence electrons. The number of nitrogens with zero attached hydrogens (tertiary/aromatic N) is 1. The molecule has 2 aliphatic rings. The summed E-state index contributed by atoms with van der Waals surface area (Å²) < 4.78 is 0. The van der Waals surface area contributed by atoms with Gasteiger partial charge in [-0.05, 0) is 88.9 Å². The van der Waals surface area contributed by atoms with Crippen LogP contribution in [0.3, 0.4) is 0 Å². The van der Waals surface area contributed by atoms with Gasteiger partial charge in [-0.25, -0.2) is 0 Å². The van der Waals surface area contributed by atoms with Crippen molar-refractivity contribution in [1.29, 1.82) is 0 Å². The minimum atomic E-state index is 0.699. The van der Waals surface area contributed by atoms with Crippen molar-refractivity contribution >= 4 is 0 Å². The third-order valence-electron chi connectivity index (χ3n) is 6.35. The van der Waals surface area contributed by atoms with E-state index >= 15 is 0 Å². The van der Waals surface area contributed by atoms with Crippen LogP contribution in [0.15, 0.2) is 0 Å². The van der Waals surface area contributed by atoms with Gasteiger partial charge in [0, 0.05) is 6.54 Å². The Labute approximate surface area is 133 Å². The third-order valence-corrected chi connectivity index (χ3v) is 6.35. The highest BCUT2D eigenvalue weighted by atomic mass is 15.2. The van der Waals surface area contributed by atoms with Crippen molar-refractivity contribution in [3.05, 3.63) is 0 Å². The molecule has 2 fully saturated rings. The Balaban J connectivity index is 1.82. The summed E-state index contributed by atoms with van der Waals surface area (Å²) in [4.78, 5) is 2.74. The van der Waals surface area contributed by atoms with Crippen molar-refractivity contribution in [1.82, 2.24) is 10.2 Å². The van der Waals surface area contributed by atoms with Gasteiger partial charge in [0.05, 0.1) is 0 Å². The molecule has 2 heteroatoms. The molecule has 0 radical (unpaired) electrons. The van der Waals surface area contributed by atoms with E-state index in [9.17, 15) is 0 Å². The lowest BCUT2D eigenvalue weighted by molar-refractivity contribution is 0.0647. The molecular formula is C19H38N2. The van der Waals surface area contributed by atoms with E-state index in [4.69, 9.17) is 0 Å². The van der Waals surface area contributed by atoms with Crippen molar-refractivity contribution in [2.24, 2.45) is 10.8 Å². The molecule has 1 heterocycles. The van der Waals surface area contributed by atoms with Crippen molar-refractivity contribution in [3.8, 4) is 0 Å². The molecule has 21 heavy (non-hydrogen) atoms. The zero-order valence-corrected chi connectivity index (χ0v) is 14.8. The number of likely N-dealkylation sites (tertiary alicyclic amines) is 1. The quantitative estimate of drug-likeness (QED) is 0.665. The average molecular weight is 295 g/mol. The summed E-state index contributed by atoms with van der Waals surface area (Å²) in [5, 5.41) is 3.27. The monoisotopic (exact) mass is 294 g/mol. The first-order valence-corrected chi connectivity index (χ1v) is 9.54. The van der Waals surface area contributed by atoms with E-state index in [0.29, 0.717) is 10.8 Å². The van der Waals surface area contributed by atoms with Crippen molar-refractivity contribution in [2.45, 2.75) is 78.1 Å². The Morgan fingerprint density at radius 1 is 0.952 bits per heavy atom. The fraction of sp³-hybridized carbons (Fsp3) is 1.00. The van der Waals surface area contributed by atoms with Gasteiger partial charge >= 0.3 is 0 Å². The van der Waals surface area contributed by atoms with E-state index in [1.54, 1.807) is 0 Å². The Morgan fingerprint density at radius 3 is 2.19 bits per heavy atom. The molecule has 0 atom stereocenters. The topological polar surface area (TPSA) is 15.3 Å². The Bertz CT molecular complexity index is 284. The summed E-state index contributed by atoms with van der Waals surface area (Å²) in [6.45, 7) is 9.97. The van der Waals surface area contributed by atoms with Crippen LogP contribution in [-0.2, 0) is 0 Å². The molecule has 0 bridgehead atoms. The maximum absolute atomic E-state index is 3.27. The molecule has 0 aromatic heterocycles. The molecular weight excluding hydrogens is 256 g/mol. The highest BCUT2D eigenvalue weighted by molar-refractivity contribution is 4.97. The largest absolute Gasteiger partial charge is 0.320 e. The lowest BCUT2D eigenvalue weighted by Crippen LogP contribution is -2.36. The van der Waals surface area contributed by atoms with Gasteiger partial charge in [0.1, 0.15) is 0 Å². The van der Waals surface area contributed by atoms with Gasteiger partial charge in [-0.15, -0.1) is 0 Å². The molecule has 1 saturated heterocycles. The smallest absolute Gasteiger partial charge is 0.00385 e. The minimum absolute atomic E-state index is 0.699. The summed E-state index contributed by atoms with van der Waals surface area (Å²) in [7, 11) is 2.06.